The highest BCUT2D eigenvalue weighted by Crippen LogP contribution is 2.25. The fourth-order valence-corrected chi connectivity index (χ4v) is 2.08. The van der Waals surface area contributed by atoms with Gasteiger partial charge in [-0.1, -0.05) is 24.3 Å². The summed E-state index contributed by atoms with van der Waals surface area (Å²) in [4.78, 5) is 24.0. The highest BCUT2D eigenvalue weighted by Gasteiger charge is 2.16. The first-order chi connectivity index (χ1) is 12.5. The van der Waals surface area contributed by atoms with Gasteiger partial charge in [0.15, 0.2) is 6.61 Å². The summed E-state index contributed by atoms with van der Waals surface area (Å²) in [6.45, 7) is -1.48. The fraction of sp³-hybridized carbons (Fsp3) is 0.222. The smallest absolute Gasteiger partial charge is 0.387 e. The van der Waals surface area contributed by atoms with E-state index in [4.69, 9.17) is 9.47 Å². The first kappa shape index (κ1) is 19.2. The van der Waals surface area contributed by atoms with Crippen molar-refractivity contribution < 1.29 is 32.6 Å². The molecule has 0 aliphatic carbocycles. The van der Waals surface area contributed by atoms with Crippen molar-refractivity contribution in [3.05, 3.63) is 54.1 Å². The Balaban J connectivity index is 1.96. The van der Waals surface area contributed by atoms with Gasteiger partial charge in [0.25, 0.3) is 5.91 Å². The molecular formula is C18H17F2NO5. The van der Waals surface area contributed by atoms with Crippen LogP contribution in [0, 0.1) is 0 Å². The third kappa shape index (κ3) is 5.44. The number of amides is 1. The molecule has 0 heterocycles. The molecule has 0 aromatic heterocycles. The lowest BCUT2D eigenvalue weighted by molar-refractivity contribution is -0.119. The topological polar surface area (TPSA) is 73.9 Å². The Morgan fingerprint density at radius 1 is 1.04 bits per heavy atom. The van der Waals surface area contributed by atoms with Gasteiger partial charge in [0.05, 0.1) is 12.3 Å². The summed E-state index contributed by atoms with van der Waals surface area (Å²) in [7, 11) is 0. The average molecular weight is 365 g/mol. The number of hydrogen-bond acceptors (Lipinski definition) is 5. The van der Waals surface area contributed by atoms with Gasteiger partial charge in [-0.05, 0) is 31.2 Å². The van der Waals surface area contributed by atoms with Gasteiger partial charge >= 0.3 is 12.6 Å². The third-order valence-corrected chi connectivity index (χ3v) is 3.12. The molecule has 26 heavy (non-hydrogen) atoms. The molecule has 0 saturated heterocycles. The van der Waals surface area contributed by atoms with Crippen LogP contribution in [0.3, 0.4) is 0 Å². The lowest BCUT2D eigenvalue weighted by atomic mass is 10.2. The normalized spacial score (nSPS) is 10.3. The molecule has 1 N–H and O–H groups in total. The van der Waals surface area contributed by atoms with Crippen molar-refractivity contribution in [3.63, 3.8) is 0 Å². The van der Waals surface area contributed by atoms with Crippen LogP contribution in [0.4, 0.5) is 14.5 Å². The number of carbonyl (C=O) groups is 2. The molecule has 8 heteroatoms. The van der Waals surface area contributed by atoms with E-state index in [0.29, 0.717) is 12.4 Å². The number of hydrogen-bond donors (Lipinski definition) is 1. The van der Waals surface area contributed by atoms with Crippen molar-refractivity contribution in [2.75, 3.05) is 18.5 Å². The summed E-state index contributed by atoms with van der Waals surface area (Å²) < 4.78 is 39.3. The third-order valence-electron chi connectivity index (χ3n) is 3.12. The molecule has 2 aromatic carbocycles. The number of benzene rings is 2. The minimum Gasteiger partial charge on any atom is -0.493 e. The van der Waals surface area contributed by atoms with E-state index in [1.165, 1.54) is 30.3 Å². The molecule has 2 aromatic rings. The van der Waals surface area contributed by atoms with E-state index < -0.39 is 25.1 Å². The number of ether oxygens (including phenoxy) is 3. The largest absolute Gasteiger partial charge is 0.493 e. The fourth-order valence-electron chi connectivity index (χ4n) is 2.08. The van der Waals surface area contributed by atoms with E-state index in [1.54, 1.807) is 25.1 Å². The van der Waals surface area contributed by atoms with E-state index >= 15 is 0 Å². The molecular weight excluding hydrogens is 348 g/mol. The summed E-state index contributed by atoms with van der Waals surface area (Å²) in [5.41, 5.74) is 0.229. The Bertz CT molecular complexity index is 767. The van der Waals surface area contributed by atoms with Gasteiger partial charge in [-0.3, -0.25) is 4.79 Å². The van der Waals surface area contributed by atoms with E-state index in [0.717, 1.165) is 0 Å². The highest BCUT2D eigenvalue weighted by molar-refractivity contribution is 5.97. The van der Waals surface area contributed by atoms with Crippen LogP contribution in [0.5, 0.6) is 11.5 Å². The summed E-state index contributed by atoms with van der Waals surface area (Å²) in [6.07, 6.45) is 0. The van der Waals surface area contributed by atoms with Crippen molar-refractivity contribution >= 4 is 17.6 Å². The zero-order valence-electron chi connectivity index (χ0n) is 13.9. The molecule has 0 atom stereocenters. The second kappa shape index (κ2) is 9.36. The zero-order valence-corrected chi connectivity index (χ0v) is 13.9. The van der Waals surface area contributed by atoms with Crippen molar-refractivity contribution in [2.24, 2.45) is 0 Å². The summed E-state index contributed by atoms with van der Waals surface area (Å²) >= 11 is 0. The number of carbonyl (C=O) groups excluding carboxylic acids is 2. The second-order valence-corrected chi connectivity index (χ2v) is 4.93. The molecule has 0 saturated carbocycles. The molecule has 0 aliphatic rings. The van der Waals surface area contributed by atoms with Crippen LogP contribution in [-0.4, -0.2) is 31.7 Å². The van der Waals surface area contributed by atoms with Crippen LogP contribution in [0.15, 0.2) is 48.5 Å². The van der Waals surface area contributed by atoms with Crippen LogP contribution >= 0.6 is 0 Å². The van der Waals surface area contributed by atoms with Crippen LogP contribution in [0.25, 0.3) is 0 Å². The van der Waals surface area contributed by atoms with Crippen LogP contribution in [-0.2, 0) is 9.53 Å². The number of para-hydroxylation sites is 3. The number of rotatable bonds is 8. The van der Waals surface area contributed by atoms with Crippen LogP contribution in [0.1, 0.15) is 17.3 Å². The predicted octanol–water partition coefficient (Wildman–Crippen LogP) is 3.48. The Kier molecular flexibility index (Phi) is 6.90. The molecule has 0 unspecified atom stereocenters. The van der Waals surface area contributed by atoms with Gasteiger partial charge in [0.2, 0.25) is 0 Å². The molecule has 0 spiro atoms. The molecule has 0 aliphatic heterocycles. The van der Waals surface area contributed by atoms with Crippen molar-refractivity contribution in [2.45, 2.75) is 13.5 Å². The maximum atomic E-state index is 12.4. The summed E-state index contributed by atoms with van der Waals surface area (Å²) in [5, 5.41) is 2.36. The van der Waals surface area contributed by atoms with Crippen molar-refractivity contribution in [1.82, 2.24) is 0 Å². The van der Waals surface area contributed by atoms with Crippen molar-refractivity contribution in [1.29, 1.82) is 0 Å². The number of anilines is 1. The molecule has 0 bridgehead atoms. The van der Waals surface area contributed by atoms with E-state index in [2.05, 4.69) is 10.1 Å². The number of halogens is 2. The van der Waals surface area contributed by atoms with E-state index in [1.807, 2.05) is 0 Å². The van der Waals surface area contributed by atoms with E-state index in [-0.39, 0.29) is 17.0 Å². The van der Waals surface area contributed by atoms with Gasteiger partial charge in [-0.15, -0.1) is 0 Å². The number of nitrogens with one attached hydrogen (secondary N) is 1. The molecule has 0 fully saturated rings. The molecule has 138 valence electrons. The minimum atomic E-state index is -3.03. The Labute approximate surface area is 148 Å². The van der Waals surface area contributed by atoms with Gasteiger partial charge in [-0.2, -0.15) is 8.78 Å². The van der Waals surface area contributed by atoms with Gasteiger partial charge in [-0.25, -0.2) is 4.79 Å². The maximum absolute atomic E-state index is 12.4. The lowest BCUT2D eigenvalue weighted by Gasteiger charge is -2.12. The molecule has 0 radical (unpaired) electrons. The van der Waals surface area contributed by atoms with Crippen LogP contribution < -0.4 is 14.8 Å². The Morgan fingerprint density at radius 3 is 2.38 bits per heavy atom. The second-order valence-electron chi connectivity index (χ2n) is 4.93. The number of alkyl halides is 2. The average Bonchev–Trinajstić information content (AvgIpc) is 2.62. The maximum Gasteiger partial charge on any atom is 0.387 e. The standard InChI is InChI=1S/C18H17F2NO5/c1-2-24-14-9-5-3-7-12(14)17(23)25-11-16(22)21-13-8-4-6-10-15(13)26-18(19)20/h3-10,18H,2,11H2,1H3,(H,21,22). The van der Waals surface area contributed by atoms with Gasteiger partial charge in [0.1, 0.15) is 17.1 Å². The van der Waals surface area contributed by atoms with Crippen molar-refractivity contribution in [3.8, 4) is 11.5 Å². The monoisotopic (exact) mass is 365 g/mol. The van der Waals surface area contributed by atoms with Crippen LogP contribution in [0.2, 0.25) is 0 Å². The molecule has 1 amide bonds. The summed E-state index contributed by atoms with van der Waals surface area (Å²) in [6, 6.07) is 12.2. The predicted molar refractivity (Wildman–Crippen MR) is 89.6 cm³/mol. The van der Waals surface area contributed by atoms with Gasteiger partial charge < -0.3 is 19.5 Å². The highest BCUT2D eigenvalue weighted by atomic mass is 19.3. The Hall–Kier alpha value is -3.16. The SMILES string of the molecule is CCOc1ccccc1C(=O)OCC(=O)Nc1ccccc1OC(F)F. The number of esters is 1. The first-order valence-corrected chi connectivity index (χ1v) is 7.74. The minimum absolute atomic E-state index is 0.0450. The zero-order chi connectivity index (χ0) is 18.9. The molecule has 6 nitrogen and oxygen atoms in total. The summed E-state index contributed by atoms with van der Waals surface area (Å²) in [5.74, 6) is -1.28. The Morgan fingerprint density at radius 2 is 1.69 bits per heavy atom. The van der Waals surface area contributed by atoms with Gasteiger partial charge in [0, 0.05) is 0 Å². The van der Waals surface area contributed by atoms with E-state index in [9.17, 15) is 18.4 Å². The molecule has 2 rings (SSSR count). The quantitative estimate of drug-likeness (QED) is 0.725. The first-order valence-electron chi connectivity index (χ1n) is 7.74. The lowest BCUT2D eigenvalue weighted by Crippen LogP contribution is -2.21.